The van der Waals surface area contributed by atoms with E-state index >= 15 is 0 Å². The molecule has 0 fully saturated rings. The molecule has 3 N–H and O–H groups in total. The van der Waals surface area contributed by atoms with Gasteiger partial charge in [0.2, 0.25) is 0 Å². The van der Waals surface area contributed by atoms with Gasteiger partial charge in [0.05, 0.1) is 13.2 Å². The topological polar surface area (TPSA) is 77.1 Å². The first kappa shape index (κ1) is 16.5. The van der Waals surface area contributed by atoms with E-state index in [1.54, 1.807) is 18.2 Å². The van der Waals surface area contributed by atoms with Gasteiger partial charge in [-0.2, -0.15) is 11.8 Å². The monoisotopic (exact) mass is 298 g/mol. The summed E-state index contributed by atoms with van der Waals surface area (Å²) < 4.78 is 11.3. The van der Waals surface area contributed by atoms with Crippen LogP contribution in [0, 0.1) is 0 Å². The van der Waals surface area contributed by atoms with Crippen LogP contribution in [0.2, 0.25) is 0 Å². The Morgan fingerprint density at radius 3 is 2.75 bits per heavy atom. The van der Waals surface area contributed by atoms with Gasteiger partial charge in [-0.15, -0.1) is 0 Å². The first-order valence-electron chi connectivity index (χ1n) is 6.68. The molecule has 1 rings (SSSR count). The fraction of sp³-hybridized carbons (Fsp3) is 0.500. The number of oxime groups is 1. The smallest absolute Gasteiger partial charge is 0.170 e. The zero-order valence-corrected chi connectivity index (χ0v) is 12.8. The lowest BCUT2D eigenvalue weighted by molar-refractivity contribution is 0.277. The van der Waals surface area contributed by atoms with E-state index in [4.69, 9.17) is 20.4 Å². The maximum Gasteiger partial charge on any atom is 0.170 e. The van der Waals surface area contributed by atoms with Crippen LogP contribution in [0.4, 0.5) is 0 Å². The summed E-state index contributed by atoms with van der Waals surface area (Å²) in [7, 11) is 0. The van der Waals surface area contributed by atoms with Crippen LogP contribution in [-0.4, -0.2) is 35.8 Å². The van der Waals surface area contributed by atoms with Crippen LogP contribution in [0.5, 0.6) is 11.5 Å². The molecule has 0 aromatic heterocycles. The number of amidine groups is 1. The van der Waals surface area contributed by atoms with E-state index in [0.29, 0.717) is 30.3 Å². The minimum Gasteiger partial charge on any atom is -0.490 e. The number of hydrogen-bond donors (Lipinski definition) is 2. The van der Waals surface area contributed by atoms with Crippen molar-refractivity contribution in [2.75, 3.05) is 24.7 Å². The van der Waals surface area contributed by atoms with E-state index in [2.05, 4.69) is 12.1 Å². The minimum absolute atomic E-state index is 0.0526. The van der Waals surface area contributed by atoms with Crippen molar-refractivity contribution in [1.82, 2.24) is 0 Å². The molecule has 0 atom stereocenters. The van der Waals surface area contributed by atoms with Gasteiger partial charge >= 0.3 is 0 Å². The predicted molar refractivity (Wildman–Crippen MR) is 83.2 cm³/mol. The van der Waals surface area contributed by atoms with Gasteiger partial charge in [-0.1, -0.05) is 12.1 Å². The number of nitrogens with two attached hydrogens (primary N) is 1. The molecule has 5 nitrogen and oxygen atoms in total. The van der Waals surface area contributed by atoms with Gasteiger partial charge in [0, 0.05) is 5.56 Å². The summed E-state index contributed by atoms with van der Waals surface area (Å²) in [4.78, 5) is 0. The highest BCUT2D eigenvalue weighted by molar-refractivity contribution is 7.99. The lowest BCUT2D eigenvalue weighted by Crippen LogP contribution is -2.13. The van der Waals surface area contributed by atoms with Crippen molar-refractivity contribution in [2.45, 2.75) is 20.3 Å². The van der Waals surface area contributed by atoms with Gasteiger partial charge in [0.25, 0.3) is 0 Å². The molecule has 112 valence electrons. The third-order valence-corrected chi connectivity index (χ3v) is 3.53. The molecule has 6 heteroatoms. The van der Waals surface area contributed by atoms with Crippen molar-refractivity contribution in [3.8, 4) is 11.5 Å². The number of hydrogen-bond acceptors (Lipinski definition) is 5. The van der Waals surface area contributed by atoms with Crippen LogP contribution in [0.3, 0.4) is 0 Å². The normalized spacial score (nSPS) is 11.4. The minimum atomic E-state index is 0.0526. The van der Waals surface area contributed by atoms with Gasteiger partial charge in [-0.05, 0) is 43.0 Å². The second-order valence-electron chi connectivity index (χ2n) is 3.98. The van der Waals surface area contributed by atoms with Crippen molar-refractivity contribution in [2.24, 2.45) is 10.9 Å². The van der Waals surface area contributed by atoms with E-state index in [0.717, 1.165) is 17.9 Å². The van der Waals surface area contributed by atoms with Crippen molar-refractivity contribution >= 4 is 17.6 Å². The average Bonchev–Trinajstić information content (AvgIpc) is 2.47. The van der Waals surface area contributed by atoms with Crippen molar-refractivity contribution in [1.29, 1.82) is 0 Å². The molecule has 0 aliphatic rings. The number of ether oxygens (including phenoxy) is 2. The quantitative estimate of drug-likeness (QED) is 0.241. The Morgan fingerprint density at radius 1 is 1.30 bits per heavy atom. The molecule has 0 spiro atoms. The first-order valence-corrected chi connectivity index (χ1v) is 7.83. The van der Waals surface area contributed by atoms with Crippen molar-refractivity contribution in [3.05, 3.63) is 23.8 Å². The van der Waals surface area contributed by atoms with Gasteiger partial charge in [-0.3, -0.25) is 0 Å². The third kappa shape index (κ3) is 5.21. The highest BCUT2D eigenvalue weighted by atomic mass is 32.2. The Morgan fingerprint density at radius 2 is 2.10 bits per heavy atom. The lowest BCUT2D eigenvalue weighted by Gasteiger charge is -2.13. The summed E-state index contributed by atoms with van der Waals surface area (Å²) in [5.74, 6) is 3.56. The van der Waals surface area contributed by atoms with Crippen LogP contribution in [0.15, 0.2) is 23.4 Å². The Balaban J connectivity index is 2.69. The Labute approximate surface area is 124 Å². The summed E-state index contributed by atoms with van der Waals surface area (Å²) in [5.41, 5.74) is 6.17. The number of rotatable bonds is 9. The molecule has 20 heavy (non-hydrogen) atoms. The summed E-state index contributed by atoms with van der Waals surface area (Å²) in [6, 6.07) is 5.24. The molecule has 0 amide bonds. The highest BCUT2D eigenvalue weighted by Gasteiger charge is 2.08. The lowest BCUT2D eigenvalue weighted by atomic mass is 10.2. The van der Waals surface area contributed by atoms with Gasteiger partial charge in [0.15, 0.2) is 17.3 Å². The first-order chi connectivity index (χ1) is 9.72. The summed E-state index contributed by atoms with van der Waals surface area (Å²) in [6.45, 7) is 5.22. The van der Waals surface area contributed by atoms with Gasteiger partial charge < -0.3 is 20.4 Å². The molecule has 0 saturated carbocycles. The van der Waals surface area contributed by atoms with E-state index in [9.17, 15) is 0 Å². The molecular weight excluding hydrogens is 276 g/mol. The van der Waals surface area contributed by atoms with Crippen LogP contribution >= 0.6 is 11.8 Å². The molecule has 0 heterocycles. The predicted octanol–water partition coefficient (Wildman–Crippen LogP) is 2.70. The largest absolute Gasteiger partial charge is 0.490 e. The molecule has 0 bridgehead atoms. The SMILES string of the molecule is CCOc1cc(/C(N)=N/O)ccc1OCCCSCC. The number of nitrogens with zero attached hydrogens (tertiary/aromatic N) is 1. The molecule has 0 aliphatic heterocycles. The molecule has 1 aromatic rings. The van der Waals surface area contributed by atoms with Crippen LogP contribution < -0.4 is 15.2 Å². The second-order valence-corrected chi connectivity index (χ2v) is 5.37. The van der Waals surface area contributed by atoms with Crippen LogP contribution in [-0.2, 0) is 0 Å². The maximum atomic E-state index is 8.69. The van der Waals surface area contributed by atoms with Crippen LogP contribution in [0.25, 0.3) is 0 Å². The average molecular weight is 298 g/mol. The van der Waals surface area contributed by atoms with Crippen molar-refractivity contribution in [3.63, 3.8) is 0 Å². The van der Waals surface area contributed by atoms with E-state index in [1.165, 1.54) is 0 Å². The zero-order chi connectivity index (χ0) is 14.8. The maximum absolute atomic E-state index is 8.69. The van der Waals surface area contributed by atoms with E-state index in [-0.39, 0.29) is 5.84 Å². The zero-order valence-electron chi connectivity index (χ0n) is 12.0. The van der Waals surface area contributed by atoms with E-state index < -0.39 is 0 Å². The van der Waals surface area contributed by atoms with Gasteiger partial charge in [-0.25, -0.2) is 0 Å². The summed E-state index contributed by atoms with van der Waals surface area (Å²) in [6.07, 6.45) is 0.992. The fourth-order valence-corrected chi connectivity index (χ4v) is 2.21. The fourth-order valence-electron chi connectivity index (χ4n) is 1.60. The molecule has 0 unspecified atom stereocenters. The van der Waals surface area contributed by atoms with Gasteiger partial charge in [0.1, 0.15) is 0 Å². The van der Waals surface area contributed by atoms with E-state index in [1.807, 2.05) is 18.7 Å². The van der Waals surface area contributed by atoms with Crippen LogP contribution in [0.1, 0.15) is 25.8 Å². The molecular formula is C14H22N2O3S. The molecule has 0 radical (unpaired) electrons. The van der Waals surface area contributed by atoms with Crippen molar-refractivity contribution < 1.29 is 14.7 Å². The molecule has 1 aromatic carbocycles. The Kier molecular flexibility index (Phi) is 7.72. The second kappa shape index (κ2) is 9.36. The summed E-state index contributed by atoms with van der Waals surface area (Å²) >= 11 is 1.90. The number of thioether (sulfide) groups is 1. The Bertz CT molecular complexity index is 438. The molecule has 0 aliphatic carbocycles. The Hall–Kier alpha value is -1.56. The third-order valence-electron chi connectivity index (χ3n) is 2.54. The highest BCUT2D eigenvalue weighted by Crippen LogP contribution is 2.28. The standard InChI is InChI=1S/C14H22N2O3S/c1-3-18-13-10-11(14(15)16-17)6-7-12(13)19-8-5-9-20-4-2/h6-7,10,17H,3-5,8-9H2,1-2H3,(H2,15,16). The summed E-state index contributed by atoms with van der Waals surface area (Å²) in [5, 5.41) is 11.7. The molecule has 0 saturated heterocycles. The number of benzene rings is 1.